The first-order valence-corrected chi connectivity index (χ1v) is 6.66. The van der Waals surface area contributed by atoms with Gasteiger partial charge >= 0.3 is 0 Å². The number of hydrogen-bond donors (Lipinski definition) is 2. The molecule has 10 nitrogen and oxygen atoms in total. The summed E-state index contributed by atoms with van der Waals surface area (Å²) in [5.41, 5.74) is -0.841. The molecule has 0 aromatic heterocycles. The van der Waals surface area contributed by atoms with Gasteiger partial charge in [0.2, 0.25) is 11.8 Å². The third-order valence-electron chi connectivity index (χ3n) is 3.42. The molecule has 2 heterocycles. The molecular weight excluding hydrogens is 336 g/mol. The molecule has 0 amide bonds. The van der Waals surface area contributed by atoms with Gasteiger partial charge in [0.05, 0.1) is 0 Å². The number of hydrogen-bond acceptors (Lipinski definition) is 10. The number of allylic oxidation sites excluding steroid dienone is 2. The number of nitriles is 6. The Balaban J connectivity index is 2.28. The van der Waals surface area contributed by atoms with Crippen LogP contribution >= 0.6 is 0 Å². The zero-order valence-corrected chi connectivity index (χ0v) is 12.5. The van der Waals surface area contributed by atoms with Crippen molar-refractivity contribution in [2.75, 3.05) is 10.6 Å². The van der Waals surface area contributed by atoms with Crippen molar-refractivity contribution in [3.05, 3.63) is 34.0 Å². The lowest BCUT2D eigenvalue weighted by molar-refractivity contribution is 0.449. The summed E-state index contributed by atoms with van der Waals surface area (Å²) in [5, 5.41) is 60.0. The number of benzene rings is 1. The van der Waals surface area contributed by atoms with Crippen LogP contribution in [0.4, 0.5) is 11.4 Å². The second-order valence-electron chi connectivity index (χ2n) is 4.69. The molecule has 0 radical (unpaired) electrons. The maximum absolute atomic E-state index is 9.48. The van der Waals surface area contributed by atoms with Crippen LogP contribution < -0.4 is 20.1 Å². The number of nitrogens with zero attached hydrogens (tertiary/aromatic N) is 6. The maximum Gasteiger partial charge on any atom is 0.226 e. The molecule has 0 fully saturated rings. The van der Waals surface area contributed by atoms with Crippen molar-refractivity contribution in [3.63, 3.8) is 0 Å². The Kier molecular flexibility index (Phi) is 3.51. The minimum absolute atomic E-state index is 0.0410. The first-order chi connectivity index (χ1) is 12.6. The van der Waals surface area contributed by atoms with Crippen LogP contribution in [0, 0.1) is 68.0 Å². The summed E-state index contributed by atoms with van der Waals surface area (Å²) in [6.45, 7) is 0. The molecule has 0 unspecified atom stereocenters. The van der Waals surface area contributed by atoms with Crippen LogP contribution in [0.3, 0.4) is 0 Å². The van der Waals surface area contributed by atoms with E-state index < -0.39 is 0 Å². The molecule has 0 aliphatic carbocycles. The summed E-state index contributed by atoms with van der Waals surface area (Å²) >= 11 is 0. The fourth-order valence-electron chi connectivity index (χ4n) is 2.32. The molecule has 118 valence electrons. The van der Waals surface area contributed by atoms with Crippen molar-refractivity contribution in [2.24, 2.45) is 0 Å². The fourth-order valence-corrected chi connectivity index (χ4v) is 2.32. The molecule has 1 aromatic rings. The first-order valence-electron chi connectivity index (χ1n) is 6.66. The van der Waals surface area contributed by atoms with E-state index in [0.29, 0.717) is 0 Å². The molecule has 10 heteroatoms. The standard InChI is InChI=1S/C16H2N8O2/c17-1-7(2-18)15-23-11-9(5-21)14-12(10(6-22)13(11)25-15)24-16(26-14)8(3-19)4-20/h23-24H. The van der Waals surface area contributed by atoms with E-state index in [4.69, 9.17) is 30.5 Å². The summed E-state index contributed by atoms with van der Waals surface area (Å²) in [6, 6.07) is 10.3. The van der Waals surface area contributed by atoms with E-state index in [1.807, 2.05) is 12.1 Å². The summed E-state index contributed by atoms with van der Waals surface area (Å²) in [5.74, 6) is -0.582. The Bertz CT molecular complexity index is 1030. The Morgan fingerprint density at radius 3 is 1.23 bits per heavy atom. The molecular formula is C16H2N8O2. The third kappa shape index (κ3) is 1.99. The van der Waals surface area contributed by atoms with Crippen molar-refractivity contribution >= 4 is 11.4 Å². The van der Waals surface area contributed by atoms with E-state index in [-0.39, 0.29) is 56.9 Å². The number of anilines is 2. The molecule has 0 saturated heterocycles. The normalized spacial score (nSPS) is 11.9. The van der Waals surface area contributed by atoms with E-state index in [2.05, 4.69) is 10.6 Å². The van der Waals surface area contributed by atoms with Gasteiger partial charge in [0.15, 0.2) is 22.6 Å². The van der Waals surface area contributed by atoms with Crippen LogP contribution in [0.2, 0.25) is 0 Å². The van der Waals surface area contributed by atoms with E-state index >= 15 is 0 Å². The van der Waals surface area contributed by atoms with Gasteiger partial charge in [-0.2, -0.15) is 31.6 Å². The fraction of sp³-hybridized carbons (Fsp3) is 0. The third-order valence-corrected chi connectivity index (χ3v) is 3.42. The van der Waals surface area contributed by atoms with Gasteiger partial charge in [-0.1, -0.05) is 0 Å². The van der Waals surface area contributed by atoms with E-state index in [1.165, 1.54) is 0 Å². The van der Waals surface area contributed by atoms with Crippen LogP contribution in [-0.4, -0.2) is 0 Å². The first kappa shape index (κ1) is 15.7. The van der Waals surface area contributed by atoms with E-state index in [1.54, 1.807) is 24.3 Å². The average Bonchev–Trinajstić information content (AvgIpc) is 3.26. The van der Waals surface area contributed by atoms with Crippen LogP contribution in [0.5, 0.6) is 11.5 Å². The molecule has 26 heavy (non-hydrogen) atoms. The number of rotatable bonds is 0. The Labute approximate surface area is 145 Å². The number of fused-ring (bicyclic) bond motifs is 2. The summed E-state index contributed by atoms with van der Waals surface area (Å²) in [4.78, 5) is 0. The zero-order valence-electron chi connectivity index (χ0n) is 12.5. The largest absolute Gasteiger partial charge is 0.435 e. The Hall–Kier alpha value is -5.16. The molecule has 0 saturated carbocycles. The topological polar surface area (TPSA) is 185 Å². The molecule has 2 N–H and O–H groups in total. The molecule has 1 aromatic carbocycles. The van der Waals surface area contributed by atoms with Gasteiger partial charge in [-0.05, 0) is 0 Å². The van der Waals surface area contributed by atoms with Gasteiger partial charge in [0.1, 0.15) is 58.9 Å². The predicted molar refractivity (Wildman–Crippen MR) is 80.9 cm³/mol. The lowest BCUT2D eigenvalue weighted by Gasteiger charge is -2.06. The maximum atomic E-state index is 9.48. The van der Waals surface area contributed by atoms with Crippen LogP contribution in [-0.2, 0) is 0 Å². The SMILES string of the molecule is N#CC(C#N)=C1Nc2c(C#N)c3c(c(C#N)c2O1)NC(=C(C#N)C#N)O3. The van der Waals surface area contributed by atoms with Gasteiger partial charge in [-0.15, -0.1) is 0 Å². The summed E-state index contributed by atoms with van der Waals surface area (Å²) in [6.07, 6.45) is 0. The van der Waals surface area contributed by atoms with Crippen molar-refractivity contribution in [3.8, 4) is 47.9 Å². The second kappa shape index (κ2) is 5.80. The van der Waals surface area contributed by atoms with Crippen molar-refractivity contribution in [1.82, 2.24) is 0 Å². The van der Waals surface area contributed by atoms with Crippen LogP contribution in [0.25, 0.3) is 0 Å². The summed E-state index contributed by atoms with van der Waals surface area (Å²) < 4.78 is 10.8. The average molecular weight is 338 g/mol. The zero-order chi connectivity index (χ0) is 18.8. The van der Waals surface area contributed by atoms with Crippen molar-refractivity contribution < 1.29 is 9.47 Å². The highest BCUT2D eigenvalue weighted by atomic mass is 16.5. The summed E-state index contributed by atoms with van der Waals surface area (Å²) in [7, 11) is 0. The molecule has 3 rings (SSSR count). The Morgan fingerprint density at radius 1 is 0.615 bits per heavy atom. The smallest absolute Gasteiger partial charge is 0.226 e. The minimum Gasteiger partial charge on any atom is -0.435 e. The molecule has 0 spiro atoms. The highest BCUT2D eigenvalue weighted by molar-refractivity contribution is 5.90. The Morgan fingerprint density at radius 2 is 0.962 bits per heavy atom. The van der Waals surface area contributed by atoms with Crippen LogP contribution in [0.1, 0.15) is 11.1 Å². The lowest BCUT2D eigenvalue weighted by Crippen LogP contribution is -2.02. The lowest BCUT2D eigenvalue weighted by atomic mass is 10.0. The molecule has 0 atom stereocenters. The van der Waals surface area contributed by atoms with Gasteiger partial charge in [0, 0.05) is 0 Å². The number of nitrogens with one attached hydrogen (secondary N) is 2. The molecule has 2 aliphatic rings. The van der Waals surface area contributed by atoms with Crippen molar-refractivity contribution in [1.29, 1.82) is 31.6 Å². The minimum atomic E-state index is -0.375. The van der Waals surface area contributed by atoms with Gasteiger partial charge in [0.25, 0.3) is 0 Å². The van der Waals surface area contributed by atoms with Gasteiger partial charge in [-0.3, -0.25) is 0 Å². The van der Waals surface area contributed by atoms with E-state index in [0.717, 1.165) is 0 Å². The highest BCUT2D eigenvalue weighted by Crippen LogP contribution is 2.52. The number of ether oxygens (including phenoxy) is 2. The molecule has 0 bridgehead atoms. The van der Waals surface area contributed by atoms with Crippen LogP contribution in [0.15, 0.2) is 22.9 Å². The monoisotopic (exact) mass is 338 g/mol. The molecule has 2 aliphatic heterocycles. The van der Waals surface area contributed by atoms with Crippen molar-refractivity contribution in [2.45, 2.75) is 0 Å². The predicted octanol–water partition coefficient (Wildman–Crippen LogP) is 1.56. The van der Waals surface area contributed by atoms with E-state index in [9.17, 15) is 10.5 Å². The van der Waals surface area contributed by atoms with Gasteiger partial charge in [-0.25, -0.2) is 0 Å². The second-order valence-corrected chi connectivity index (χ2v) is 4.69. The quantitative estimate of drug-likeness (QED) is 0.657. The van der Waals surface area contributed by atoms with Gasteiger partial charge < -0.3 is 20.1 Å². The highest BCUT2D eigenvalue weighted by Gasteiger charge is 2.37.